The molecule has 25 heavy (non-hydrogen) atoms. The van der Waals surface area contributed by atoms with Gasteiger partial charge >= 0.3 is 6.18 Å². The number of amides is 1. The molecule has 2 aromatic heterocycles. The van der Waals surface area contributed by atoms with Gasteiger partial charge < -0.3 is 4.90 Å². The second kappa shape index (κ2) is 7.48. The Morgan fingerprint density at radius 3 is 2.48 bits per heavy atom. The maximum Gasteiger partial charge on any atom is 0.436 e. The third kappa shape index (κ3) is 4.43. The van der Waals surface area contributed by atoms with Crippen molar-refractivity contribution in [2.24, 2.45) is 7.05 Å². The fourth-order valence-corrected chi connectivity index (χ4v) is 3.22. The van der Waals surface area contributed by atoms with Crippen LogP contribution in [0, 0.1) is 6.92 Å². The van der Waals surface area contributed by atoms with Crippen molar-refractivity contribution in [3.8, 4) is 0 Å². The van der Waals surface area contributed by atoms with Crippen molar-refractivity contribution < 1.29 is 18.0 Å². The van der Waals surface area contributed by atoms with Crippen molar-refractivity contribution in [2.45, 2.75) is 32.6 Å². The first-order chi connectivity index (χ1) is 11.5. The number of alkyl halides is 3. The number of carbonyl (C=O) groups excluding carboxylic acids is 1. The van der Waals surface area contributed by atoms with Crippen molar-refractivity contribution in [3.63, 3.8) is 0 Å². The lowest BCUT2D eigenvalue weighted by Gasteiger charge is -2.18. The van der Waals surface area contributed by atoms with E-state index >= 15 is 0 Å². The first-order valence-electron chi connectivity index (χ1n) is 7.22. The standard InChI is InChI=1S/C14H16Br2F3N5O/c1-8-12(16)13(14(17,18)19)21-24(8)5-4-11(25)22(2)7-10-9(15)6-20-23(10)3/h6H,4-5,7H2,1-3H3. The van der Waals surface area contributed by atoms with Gasteiger partial charge in [-0.3, -0.25) is 14.2 Å². The van der Waals surface area contributed by atoms with Crippen LogP contribution in [0.3, 0.4) is 0 Å². The number of halogens is 5. The largest absolute Gasteiger partial charge is 0.436 e. The van der Waals surface area contributed by atoms with Gasteiger partial charge in [0, 0.05) is 20.5 Å². The SMILES string of the molecule is Cc1c(Br)c(C(F)(F)F)nn1CCC(=O)N(C)Cc1c(Br)cnn1C. The lowest BCUT2D eigenvalue weighted by molar-refractivity contribution is -0.142. The van der Waals surface area contributed by atoms with Crippen molar-refractivity contribution >= 4 is 37.8 Å². The monoisotopic (exact) mass is 485 g/mol. The molecule has 11 heteroatoms. The molecule has 0 saturated carbocycles. The Bertz CT molecular complexity index is 765. The maximum absolute atomic E-state index is 12.9. The summed E-state index contributed by atoms with van der Waals surface area (Å²) >= 11 is 6.28. The molecule has 0 aromatic carbocycles. The number of hydrogen-bond acceptors (Lipinski definition) is 3. The zero-order valence-corrected chi connectivity index (χ0v) is 16.9. The van der Waals surface area contributed by atoms with Crippen LogP contribution in [-0.4, -0.2) is 37.4 Å². The van der Waals surface area contributed by atoms with E-state index < -0.39 is 11.9 Å². The highest BCUT2D eigenvalue weighted by molar-refractivity contribution is 9.10. The molecule has 1 amide bonds. The van der Waals surface area contributed by atoms with Gasteiger partial charge in [-0.2, -0.15) is 23.4 Å². The Balaban J connectivity index is 2.03. The Labute approximate surface area is 159 Å². The summed E-state index contributed by atoms with van der Waals surface area (Å²) in [5, 5.41) is 7.64. The van der Waals surface area contributed by atoms with E-state index in [1.165, 1.54) is 16.5 Å². The number of aromatic nitrogens is 4. The van der Waals surface area contributed by atoms with Crippen LogP contribution in [0.15, 0.2) is 15.1 Å². The predicted molar refractivity (Wildman–Crippen MR) is 91.7 cm³/mol. The van der Waals surface area contributed by atoms with Crippen molar-refractivity contribution in [1.29, 1.82) is 0 Å². The van der Waals surface area contributed by atoms with Gasteiger partial charge in [0.1, 0.15) is 0 Å². The van der Waals surface area contributed by atoms with Crippen molar-refractivity contribution in [3.05, 3.63) is 32.2 Å². The molecule has 2 aromatic rings. The minimum atomic E-state index is -4.54. The molecule has 0 aliphatic heterocycles. The van der Waals surface area contributed by atoms with Gasteiger partial charge in [-0.1, -0.05) is 0 Å². The molecule has 0 N–H and O–H groups in total. The van der Waals surface area contributed by atoms with E-state index in [0.29, 0.717) is 12.2 Å². The third-order valence-corrected chi connectivity index (χ3v) is 5.37. The highest BCUT2D eigenvalue weighted by Gasteiger charge is 2.37. The quantitative estimate of drug-likeness (QED) is 0.649. The van der Waals surface area contributed by atoms with Gasteiger partial charge in [0.25, 0.3) is 0 Å². The van der Waals surface area contributed by atoms with E-state index in [4.69, 9.17) is 0 Å². The summed E-state index contributed by atoms with van der Waals surface area (Å²) in [6.07, 6.45) is -2.86. The Morgan fingerprint density at radius 2 is 2.00 bits per heavy atom. The molecular formula is C14H16Br2F3N5O. The van der Waals surface area contributed by atoms with Gasteiger partial charge in [0.15, 0.2) is 5.69 Å². The van der Waals surface area contributed by atoms with Crippen LogP contribution in [0.25, 0.3) is 0 Å². The average Bonchev–Trinajstić information content (AvgIpc) is 2.99. The number of rotatable bonds is 5. The molecule has 0 radical (unpaired) electrons. The van der Waals surface area contributed by atoms with Gasteiger partial charge in [0.2, 0.25) is 5.91 Å². The first-order valence-corrected chi connectivity index (χ1v) is 8.81. The van der Waals surface area contributed by atoms with Crippen LogP contribution < -0.4 is 0 Å². The van der Waals surface area contributed by atoms with E-state index in [9.17, 15) is 18.0 Å². The molecule has 0 aliphatic carbocycles. The zero-order chi connectivity index (χ0) is 18.9. The molecule has 0 fully saturated rings. The molecule has 6 nitrogen and oxygen atoms in total. The smallest absolute Gasteiger partial charge is 0.340 e. The predicted octanol–water partition coefficient (Wildman–Crippen LogP) is 3.52. The van der Waals surface area contributed by atoms with E-state index in [-0.39, 0.29) is 23.3 Å². The van der Waals surface area contributed by atoms with Gasteiger partial charge in [0.05, 0.1) is 39.6 Å². The maximum atomic E-state index is 12.9. The topological polar surface area (TPSA) is 56.0 Å². The van der Waals surface area contributed by atoms with Crippen molar-refractivity contribution in [2.75, 3.05) is 7.05 Å². The summed E-state index contributed by atoms with van der Waals surface area (Å²) < 4.78 is 42.1. The molecular weight excluding hydrogens is 471 g/mol. The second-order valence-corrected chi connectivity index (χ2v) is 7.18. The minimum absolute atomic E-state index is 0.0399. The Morgan fingerprint density at radius 1 is 1.36 bits per heavy atom. The van der Waals surface area contributed by atoms with Crippen molar-refractivity contribution in [1.82, 2.24) is 24.5 Å². The highest BCUT2D eigenvalue weighted by Crippen LogP contribution is 2.35. The van der Waals surface area contributed by atoms with Crippen LogP contribution in [-0.2, 0) is 31.1 Å². The number of carbonyl (C=O) groups is 1. The van der Waals surface area contributed by atoms with Crippen LogP contribution in [0.2, 0.25) is 0 Å². The molecule has 0 spiro atoms. The van der Waals surface area contributed by atoms with Gasteiger partial charge in [-0.25, -0.2) is 0 Å². The normalized spacial score (nSPS) is 11.8. The van der Waals surface area contributed by atoms with Crippen LogP contribution in [0.1, 0.15) is 23.5 Å². The number of hydrogen-bond donors (Lipinski definition) is 0. The summed E-state index contributed by atoms with van der Waals surface area (Å²) in [5.41, 5.74) is 0.176. The minimum Gasteiger partial charge on any atom is -0.340 e. The number of aryl methyl sites for hydroxylation is 2. The molecule has 138 valence electrons. The van der Waals surface area contributed by atoms with Gasteiger partial charge in [-0.15, -0.1) is 0 Å². The molecule has 2 rings (SSSR count). The first kappa shape index (κ1) is 20.0. The molecule has 0 unspecified atom stereocenters. The molecule has 0 saturated heterocycles. The van der Waals surface area contributed by atoms with Crippen LogP contribution >= 0.6 is 31.9 Å². The van der Waals surface area contributed by atoms with E-state index in [2.05, 4.69) is 42.1 Å². The Hall–Kier alpha value is -1.36. The molecule has 0 atom stereocenters. The van der Waals surface area contributed by atoms with E-state index in [1.807, 2.05) is 0 Å². The number of nitrogens with zero attached hydrogens (tertiary/aromatic N) is 5. The summed E-state index contributed by atoms with van der Waals surface area (Å²) in [6.45, 7) is 1.93. The van der Waals surface area contributed by atoms with Crippen LogP contribution in [0.5, 0.6) is 0 Å². The fraction of sp³-hybridized carbons (Fsp3) is 0.500. The zero-order valence-electron chi connectivity index (χ0n) is 13.7. The fourth-order valence-electron chi connectivity index (χ4n) is 2.24. The Kier molecular flexibility index (Phi) is 5.97. The second-order valence-electron chi connectivity index (χ2n) is 5.53. The summed E-state index contributed by atoms with van der Waals surface area (Å²) in [4.78, 5) is 13.8. The average molecular weight is 487 g/mol. The highest BCUT2D eigenvalue weighted by atomic mass is 79.9. The lowest BCUT2D eigenvalue weighted by atomic mass is 10.3. The van der Waals surface area contributed by atoms with E-state index in [0.717, 1.165) is 10.2 Å². The molecule has 0 bridgehead atoms. The molecule has 0 aliphatic rings. The van der Waals surface area contributed by atoms with Gasteiger partial charge in [-0.05, 0) is 38.8 Å². The summed E-state index contributed by atoms with van der Waals surface area (Å²) in [5.74, 6) is -0.201. The third-order valence-electron chi connectivity index (χ3n) is 3.76. The van der Waals surface area contributed by atoms with Crippen LogP contribution in [0.4, 0.5) is 13.2 Å². The summed E-state index contributed by atoms with van der Waals surface area (Å²) in [6, 6.07) is 0. The van der Waals surface area contributed by atoms with E-state index in [1.54, 1.807) is 25.0 Å². The summed E-state index contributed by atoms with van der Waals surface area (Å²) in [7, 11) is 3.40. The lowest BCUT2D eigenvalue weighted by Crippen LogP contribution is -2.28. The molecule has 2 heterocycles.